The summed E-state index contributed by atoms with van der Waals surface area (Å²) in [6.07, 6.45) is 7.74. The topological polar surface area (TPSA) is 41.1 Å². The summed E-state index contributed by atoms with van der Waals surface area (Å²) in [6, 6.07) is 8.50. The van der Waals surface area contributed by atoms with Crippen LogP contribution in [0, 0.1) is 5.92 Å². The fourth-order valence-electron chi connectivity index (χ4n) is 3.04. The van der Waals surface area contributed by atoms with Gasteiger partial charge in [-0.1, -0.05) is 37.6 Å². The zero-order valence-electron chi connectivity index (χ0n) is 14.3. The van der Waals surface area contributed by atoms with Gasteiger partial charge in [-0.15, -0.1) is 12.4 Å². The third-order valence-corrected chi connectivity index (χ3v) is 4.48. The molecular formula is C19H31ClN2O. The van der Waals surface area contributed by atoms with Crippen molar-refractivity contribution in [2.45, 2.75) is 51.9 Å². The highest BCUT2D eigenvalue weighted by Crippen LogP contribution is 2.13. The zero-order chi connectivity index (χ0) is 15.6. The lowest BCUT2D eigenvalue weighted by atomic mass is 9.96. The smallest absolute Gasteiger partial charge is 0.224 e. The lowest BCUT2D eigenvalue weighted by Crippen LogP contribution is -2.33. The quantitative estimate of drug-likeness (QED) is 0.761. The van der Waals surface area contributed by atoms with Gasteiger partial charge in [0.15, 0.2) is 0 Å². The van der Waals surface area contributed by atoms with Crippen LogP contribution in [-0.2, 0) is 17.6 Å². The van der Waals surface area contributed by atoms with Crippen molar-refractivity contribution in [2.24, 2.45) is 5.92 Å². The van der Waals surface area contributed by atoms with E-state index in [4.69, 9.17) is 0 Å². The normalized spacial score (nSPS) is 17.3. The first kappa shape index (κ1) is 20.0. The van der Waals surface area contributed by atoms with Gasteiger partial charge in [-0.05, 0) is 62.2 Å². The first-order chi connectivity index (χ1) is 10.8. The predicted octanol–water partition coefficient (Wildman–Crippen LogP) is 3.50. The highest BCUT2D eigenvalue weighted by atomic mass is 35.5. The van der Waals surface area contributed by atoms with E-state index >= 15 is 0 Å². The number of carbonyl (C=O) groups excluding carboxylic acids is 1. The molecule has 0 aliphatic carbocycles. The Kier molecular flexibility index (Phi) is 9.97. The molecule has 1 atom stereocenters. The minimum absolute atomic E-state index is 0. The molecule has 1 aliphatic rings. The summed E-state index contributed by atoms with van der Waals surface area (Å²) in [7, 11) is 0. The molecule has 1 saturated heterocycles. The molecule has 1 amide bonds. The summed E-state index contributed by atoms with van der Waals surface area (Å²) >= 11 is 0. The predicted molar refractivity (Wildman–Crippen MR) is 99.2 cm³/mol. The van der Waals surface area contributed by atoms with Gasteiger partial charge in [0, 0.05) is 6.54 Å². The first-order valence-electron chi connectivity index (χ1n) is 8.83. The van der Waals surface area contributed by atoms with Crippen molar-refractivity contribution in [1.82, 2.24) is 10.6 Å². The van der Waals surface area contributed by atoms with E-state index in [2.05, 4.69) is 41.8 Å². The van der Waals surface area contributed by atoms with Gasteiger partial charge in [0.1, 0.15) is 0 Å². The molecule has 4 heteroatoms. The van der Waals surface area contributed by atoms with Crippen LogP contribution in [0.3, 0.4) is 0 Å². The van der Waals surface area contributed by atoms with Crippen molar-refractivity contribution in [2.75, 3.05) is 19.6 Å². The van der Waals surface area contributed by atoms with E-state index < -0.39 is 0 Å². The SMILES string of the molecule is CCCCc1ccc(CC(=O)NCCC2CCCNC2)cc1.Cl. The largest absolute Gasteiger partial charge is 0.356 e. The Morgan fingerprint density at radius 3 is 2.65 bits per heavy atom. The maximum Gasteiger partial charge on any atom is 0.224 e. The Morgan fingerprint density at radius 1 is 1.26 bits per heavy atom. The van der Waals surface area contributed by atoms with Crippen molar-refractivity contribution in [3.05, 3.63) is 35.4 Å². The number of piperidine rings is 1. The maximum absolute atomic E-state index is 12.0. The molecule has 0 bridgehead atoms. The maximum atomic E-state index is 12.0. The lowest BCUT2D eigenvalue weighted by Gasteiger charge is -2.22. The van der Waals surface area contributed by atoms with E-state index in [9.17, 15) is 4.79 Å². The monoisotopic (exact) mass is 338 g/mol. The molecule has 1 unspecified atom stereocenters. The highest BCUT2D eigenvalue weighted by Gasteiger charge is 2.12. The number of nitrogens with one attached hydrogen (secondary N) is 2. The first-order valence-corrected chi connectivity index (χ1v) is 8.83. The second-order valence-corrected chi connectivity index (χ2v) is 6.45. The molecule has 130 valence electrons. The van der Waals surface area contributed by atoms with Gasteiger partial charge in [0.25, 0.3) is 0 Å². The van der Waals surface area contributed by atoms with Crippen LogP contribution in [0.4, 0.5) is 0 Å². The van der Waals surface area contributed by atoms with E-state index in [-0.39, 0.29) is 18.3 Å². The van der Waals surface area contributed by atoms with Gasteiger partial charge in [0.2, 0.25) is 5.91 Å². The molecule has 23 heavy (non-hydrogen) atoms. The standard InChI is InChI=1S/C19H30N2O.ClH/c1-2-3-5-16-7-9-17(10-8-16)14-19(22)21-13-11-18-6-4-12-20-15-18;/h7-10,18,20H,2-6,11-15H2,1H3,(H,21,22);1H. The Morgan fingerprint density at radius 2 is 2.00 bits per heavy atom. The molecular weight excluding hydrogens is 308 g/mol. The van der Waals surface area contributed by atoms with E-state index in [1.165, 1.54) is 31.2 Å². The molecule has 2 rings (SSSR count). The third kappa shape index (κ3) is 7.85. The van der Waals surface area contributed by atoms with Crippen LogP contribution < -0.4 is 10.6 Å². The summed E-state index contributed by atoms with van der Waals surface area (Å²) in [5.74, 6) is 0.872. The molecule has 1 aromatic carbocycles. The number of benzene rings is 1. The number of hydrogen-bond donors (Lipinski definition) is 2. The summed E-state index contributed by atoms with van der Waals surface area (Å²) in [5, 5.41) is 6.48. The molecule has 2 N–H and O–H groups in total. The Balaban J connectivity index is 0.00000264. The second kappa shape index (κ2) is 11.5. The Labute approximate surface area is 147 Å². The van der Waals surface area contributed by atoms with E-state index in [0.29, 0.717) is 6.42 Å². The number of amides is 1. The van der Waals surface area contributed by atoms with Crippen LogP contribution in [0.1, 0.15) is 50.2 Å². The van der Waals surface area contributed by atoms with Crippen molar-refractivity contribution < 1.29 is 4.79 Å². The van der Waals surface area contributed by atoms with E-state index in [1.807, 2.05) is 0 Å². The fraction of sp³-hybridized carbons (Fsp3) is 0.632. The molecule has 3 nitrogen and oxygen atoms in total. The molecule has 0 aromatic heterocycles. The number of hydrogen-bond acceptors (Lipinski definition) is 2. The molecule has 0 radical (unpaired) electrons. The van der Waals surface area contributed by atoms with Crippen LogP contribution >= 0.6 is 12.4 Å². The van der Waals surface area contributed by atoms with Crippen molar-refractivity contribution in [3.63, 3.8) is 0 Å². The molecule has 1 aromatic rings. The fourth-order valence-corrected chi connectivity index (χ4v) is 3.04. The van der Waals surface area contributed by atoms with Crippen molar-refractivity contribution >= 4 is 18.3 Å². The number of aryl methyl sites for hydroxylation is 1. The van der Waals surface area contributed by atoms with Gasteiger partial charge >= 0.3 is 0 Å². The summed E-state index contributed by atoms with van der Waals surface area (Å²) in [5.41, 5.74) is 2.48. The molecule has 1 heterocycles. The van der Waals surface area contributed by atoms with E-state index in [0.717, 1.165) is 44.0 Å². The van der Waals surface area contributed by atoms with E-state index in [1.54, 1.807) is 0 Å². The van der Waals surface area contributed by atoms with Gasteiger partial charge < -0.3 is 10.6 Å². The van der Waals surface area contributed by atoms with Crippen molar-refractivity contribution in [3.8, 4) is 0 Å². The van der Waals surface area contributed by atoms with Crippen LogP contribution in [-0.4, -0.2) is 25.5 Å². The molecule has 1 fully saturated rings. The number of carbonyl (C=O) groups is 1. The van der Waals surface area contributed by atoms with Gasteiger partial charge in [-0.25, -0.2) is 0 Å². The number of halogens is 1. The van der Waals surface area contributed by atoms with Gasteiger partial charge in [0.05, 0.1) is 6.42 Å². The second-order valence-electron chi connectivity index (χ2n) is 6.45. The lowest BCUT2D eigenvalue weighted by molar-refractivity contribution is -0.120. The number of rotatable bonds is 8. The van der Waals surface area contributed by atoms with Gasteiger partial charge in [-0.2, -0.15) is 0 Å². The average molecular weight is 339 g/mol. The highest BCUT2D eigenvalue weighted by molar-refractivity contribution is 5.85. The summed E-state index contributed by atoms with van der Waals surface area (Å²) in [4.78, 5) is 12.0. The summed E-state index contributed by atoms with van der Waals surface area (Å²) < 4.78 is 0. The minimum Gasteiger partial charge on any atom is -0.356 e. The van der Waals surface area contributed by atoms with Gasteiger partial charge in [-0.3, -0.25) is 4.79 Å². The van der Waals surface area contributed by atoms with Crippen LogP contribution in [0.2, 0.25) is 0 Å². The zero-order valence-corrected chi connectivity index (χ0v) is 15.1. The van der Waals surface area contributed by atoms with Crippen LogP contribution in [0.25, 0.3) is 0 Å². The van der Waals surface area contributed by atoms with Crippen LogP contribution in [0.5, 0.6) is 0 Å². The van der Waals surface area contributed by atoms with Crippen molar-refractivity contribution in [1.29, 1.82) is 0 Å². The summed E-state index contributed by atoms with van der Waals surface area (Å²) in [6.45, 7) is 5.27. The minimum atomic E-state index is 0. The average Bonchev–Trinajstić information content (AvgIpc) is 2.55. The Hall–Kier alpha value is -1.06. The number of unbranched alkanes of at least 4 members (excludes halogenated alkanes) is 1. The molecule has 0 spiro atoms. The third-order valence-electron chi connectivity index (χ3n) is 4.48. The molecule has 0 saturated carbocycles. The van der Waals surface area contributed by atoms with Crippen LogP contribution in [0.15, 0.2) is 24.3 Å². The Bertz CT molecular complexity index is 441. The molecule has 1 aliphatic heterocycles.